The predicted molar refractivity (Wildman–Crippen MR) is 194 cm³/mol. The van der Waals surface area contributed by atoms with Crippen molar-refractivity contribution in [1.82, 2.24) is 9.97 Å². The molecule has 46 heavy (non-hydrogen) atoms. The Morgan fingerprint density at radius 2 is 0.761 bits per heavy atom. The van der Waals surface area contributed by atoms with Crippen LogP contribution >= 0.6 is 0 Å². The Morgan fingerprint density at radius 1 is 0.283 bits per heavy atom. The summed E-state index contributed by atoms with van der Waals surface area (Å²) in [6.07, 6.45) is 0. The van der Waals surface area contributed by atoms with Crippen molar-refractivity contribution in [2.24, 2.45) is 0 Å². The molecule has 0 saturated carbocycles. The average molecular weight is 585 g/mol. The third-order valence-corrected chi connectivity index (χ3v) is 9.01. The monoisotopic (exact) mass is 584 g/mol. The zero-order valence-corrected chi connectivity index (χ0v) is 25.1. The Labute approximate surface area is 267 Å². The van der Waals surface area contributed by atoms with Crippen molar-refractivity contribution in [3.8, 4) is 44.9 Å². The van der Waals surface area contributed by atoms with E-state index in [2.05, 4.69) is 158 Å². The van der Waals surface area contributed by atoms with Gasteiger partial charge in [-0.1, -0.05) is 146 Å². The molecule has 0 aliphatic rings. The third-order valence-electron chi connectivity index (χ3n) is 9.01. The minimum absolute atomic E-state index is 0.953. The largest absolute Gasteiger partial charge is 0.248 e. The van der Waals surface area contributed by atoms with Gasteiger partial charge in [0.15, 0.2) is 0 Å². The highest BCUT2D eigenvalue weighted by Crippen LogP contribution is 2.43. The van der Waals surface area contributed by atoms with Gasteiger partial charge in [-0.25, -0.2) is 9.97 Å². The van der Waals surface area contributed by atoms with Crippen molar-refractivity contribution in [3.63, 3.8) is 0 Å². The standard InChI is InChI=1S/C44H28N2/c1-3-14-29(15-4-1)40-27-33(28-41(45-40)30-16-5-2-6-17-30)31-18-13-19-32(26-31)44-43-37-23-10-8-21-35(37)34-20-7-9-22-36(34)42(43)38-24-11-12-25-39(38)46-44/h1-28H. The zero-order valence-electron chi connectivity index (χ0n) is 25.1. The number of benzene rings is 7. The number of hydrogen-bond donors (Lipinski definition) is 0. The van der Waals surface area contributed by atoms with Gasteiger partial charge in [-0.3, -0.25) is 0 Å². The molecule has 0 fully saturated rings. The number of rotatable bonds is 4. The Hall–Kier alpha value is -6.12. The maximum atomic E-state index is 5.38. The molecule has 0 radical (unpaired) electrons. The van der Waals surface area contributed by atoms with E-state index in [1.807, 2.05) is 12.1 Å². The van der Waals surface area contributed by atoms with Gasteiger partial charge >= 0.3 is 0 Å². The molecule has 0 amide bonds. The highest BCUT2D eigenvalue weighted by Gasteiger charge is 2.18. The Kier molecular flexibility index (Phi) is 6.17. The number of nitrogens with zero attached hydrogens (tertiary/aromatic N) is 2. The van der Waals surface area contributed by atoms with E-state index in [1.165, 1.54) is 37.7 Å². The van der Waals surface area contributed by atoms with Crippen LogP contribution in [0.4, 0.5) is 0 Å². The van der Waals surface area contributed by atoms with E-state index < -0.39 is 0 Å². The van der Waals surface area contributed by atoms with Crippen LogP contribution in [0.5, 0.6) is 0 Å². The molecule has 2 nitrogen and oxygen atoms in total. The topological polar surface area (TPSA) is 25.8 Å². The maximum Gasteiger partial charge on any atom is 0.0794 e. The first-order valence-corrected chi connectivity index (χ1v) is 15.7. The molecule has 9 aromatic rings. The van der Waals surface area contributed by atoms with E-state index in [0.29, 0.717) is 0 Å². The summed E-state index contributed by atoms with van der Waals surface area (Å²) in [7, 11) is 0. The van der Waals surface area contributed by atoms with Crippen molar-refractivity contribution in [2.45, 2.75) is 0 Å². The minimum Gasteiger partial charge on any atom is -0.248 e. The summed E-state index contributed by atoms with van der Waals surface area (Å²) < 4.78 is 0. The molecule has 0 spiro atoms. The van der Waals surface area contributed by atoms with Gasteiger partial charge in [0.25, 0.3) is 0 Å². The summed E-state index contributed by atoms with van der Waals surface area (Å²) in [5, 5.41) is 8.60. The maximum absolute atomic E-state index is 5.38. The molecule has 0 aliphatic carbocycles. The van der Waals surface area contributed by atoms with Crippen LogP contribution in [0.25, 0.3) is 88.1 Å². The second-order valence-electron chi connectivity index (χ2n) is 11.8. The lowest BCUT2D eigenvalue weighted by atomic mass is 9.89. The first-order valence-electron chi connectivity index (χ1n) is 15.7. The fraction of sp³-hybridized carbons (Fsp3) is 0. The fourth-order valence-corrected chi connectivity index (χ4v) is 6.89. The summed E-state index contributed by atoms with van der Waals surface area (Å²) in [5.41, 5.74) is 9.43. The van der Waals surface area contributed by atoms with Crippen LogP contribution in [-0.4, -0.2) is 9.97 Å². The number of hydrogen-bond acceptors (Lipinski definition) is 2. The average Bonchev–Trinajstić information content (AvgIpc) is 3.15. The molecule has 9 rings (SSSR count). The number of pyridine rings is 2. The van der Waals surface area contributed by atoms with Crippen LogP contribution in [0.2, 0.25) is 0 Å². The number of fused-ring (bicyclic) bond motifs is 8. The van der Waals surface area contributed by atoms with Crippen molar-refractivity contribution in [3.05, 3.63) is 170 Å². The highest BCUT2D eigenvalue weighted by molar-refractivity contribution is 6.33. The van der Waals surface area contributed by atoms with Crippen molar-refractivity contribution >= 4 is 43.2 Å². The van der Waals surface area contributed by atoms with Crippen molar-refractivity contribution < 1.29 is 0 Å². The van der Waals surface area contributed by atoms with E-state index in [9.17, 15) is 0 Å². The second-order valence-corrected chi connectivity index (χ2v) is 11.8. The molecule has 7 aromatic carbocycles. The molecule has 2 heteroatoms. The lowest BCUT2D eigenvalue weighted by Gasteiger charge is -2.17. The summed E-state index contributed by atoms with van der Waals surface area (Å²) in [5.74, 6) is 0. The Balaban J connectivity index is 1.33. The third kappa shape index (κ3) is 4.35. The number of para-hydroxylation sites is 1. The Morgan fingerprint density at radius 3 is 1.39 bits per heavy atom. The molecule has 214 valence electrons. The van der Waals surface area contributed by atoms with Gasteiger partial charge in [-0.2, -0.15) is 0 Å². The molecular formula is C44H28N2. The molecule has 2 heterocycles. The SMILES string of the molecule is c1ccc(-c2cc(-c3cccc(-c4nc5ccccc5c5c6ccccc6c6ccccc6c45)c3)cc(-c3ccccc3)n2)cc1. The first kappa shape index (κ1) is 26.3. The lowest BCUT2D eigenvalue weighted by Crippen LogP contribution is -1.94. The van der Waals surface area contributed by atoms with Crippen molar-refractivity contribution in [2.75, 3.05) is 0 Å². The molecule has 0 saturated heterocycles. The van der Waals surface area contributed by atoms with Crippen LogP contribution in [0.1, 0.15) is 0 Å². The molecule has 2 aromatic heterocycles. The van der Waals surface area contributed by atoms with Gasteiger partial charge in [0.1, 0.15) is 0 Å². The van der Waals surface area contributed by atoms with Crippen LogP contribution in [0, 0.1) is 0 Å². The van der Waals surface area contributed by atoms with Gasteiger partial charge in [0.2, 0.25) is 0 Å². The van der Waals surface area contributed by atoms with Crippen LogP contribution < -0.4 is 0 Å². The van der Waals surface area contributed by atoms with Gasteiger partial charge < -0.3 is 0 Å². The van der Waals surface area contributed by atoms with Crippen molar-refractivity contribution in [1.29, 1.82) is 0 Å². The summed E-state index contributed by atoms with van der Waals surface area (Å²) in [4.78, 5) is 10.5. The summed E-state index contributed by atoms with van der Waals surface area (Å²) in [6.45, 7) is 0. The molecule has 0 bridgehead atoms. The van der Waals surface area contributed by atoms with E-state index in [4.69, 9.17) is 9.97 Å². The smallest absolute Gasteiger partial charge is 0.0794 e. The normalized spacial score (nSPS) is 11.5. The van der Waals surface area contributed by atoms with Gasteiger partial charge in [0.05, 0.1) is 22.6 Å². The van der Waals surface area contributed by atoms with Gasteiger partial charge in [-0.15, -0.1) is 0 Å². The van der Waals surface area contributed by atoms with E-state index in [0.717, 1.165) is 50.4 Å². The molecule has 0 unspecified atom stereocenters. The molecule has 0 atom stereocenters. The minimum atomic E-state index is 0.953. The zero-order chi connectivity index (χ0) is 30.5. The predicted octanol–water partition coefficient (Wildman–Crippen LogP) is 11.8. The number of aromatic nitrogens is 2. The van der Waals surface area contributed by atoms with E-state index in [1.54, 1.807) is 0 Å². The van der Waals surface area contributed by atoms with E-state index >= 15 is 0 Å². The quantitative estimate of drug-likeness (QED) is 0.192. The summed E-state index contributed by atoms with van der Waals surface area (Å²) in [6, 6.07) is 60.2. The molecule has 0 N–H and O–H groups in total. The second kappa shape index (κ2) is 10.8. The first-order chi connectivity index (χ1) is 22.8. The lowest BCUT2D eigenvalue weighted by molar-refractivity contribution is 1.32. The van der Waals surface area contributed by atoms with Crippen LogP contribution in [0.15, 0.2) is 170 Å². The highest BCUT2D eigenvalue weighted by atomic mass is 14.7. The van der Waals surface area contributed by atoms with Gasteiger partial charge in [-0.05, 0) is 56.9 Å². The fourth-order valence-electron chi connectivity index (χ4n) is 6.89. The van der Waals surface area contributed by atoms with E-state index in [-0.39, 0.29) is 0 Å². The molecular weight excluding hydrogens is 556 g/mol. The van der Waals surface area contributed by atoms with Crippen LogP contribution in [0.3, 0.4) is 0 Å². The Bertz CT molecular complexity index is 2510. The summed E-state index contributed by atoms with van der Waals surface area (Å²) >= 11 is 0. The van der Waals surface area contributed by atoms with Crippen LogP contribution in [-0.2, 0) is 0 Å². The molecule has 0 aliphatic heterocycles. The van der Waals surface area contributed by atoms with Gasteiger partial charge in [0, 0.05) is 32.8 Å².